The number of Topliss-reactive ketones (excluding diaryl/α,β-unsaturated/α-hetero) is 1. The minimum absolute atomic E-state index is 0.150. The molecule has 1 aliphatic carbocycles. The van der Waals surface area contributed by atoms with Crippen LogP contribution in [0.4, 0.5) is 0 Å². The summed E-state index contributed by atoms with van der Waals surface area (Å²) in [6, 6.07) is 13.4. The summed E-state index contributed by atoms with van der Waals surface area (Å²) in [6.45, 7) is 0. The molecule has 1 aliphatic heterocycles. The first-order valence-corrected chi connectivity index (χ1v) is 8.44. The zero-order chi connectivity index (χ0) is 17.6. The molecule has 1 N–H and O–H groups in total. The molecule has 4 rings (SSSR count). The number of hydrogen-bond donors (Lipinski definition) is 1. The van der Waals surface area contributed by atoms with Gasteiger partial charge in [0.05, 0.1) is 12.8 Å². The van der Waals surface area contributed by atoms with Gasteiger partial charge in [0.25, 0.3) is 0 Å². The molecule has 0 amide bonds. The number of hydrogen-bond acceptors (Lipinski definition) is 4. The minimum atomic E-state index is -0.775. The normalized spacial score (nSPS) is 18.5. The first-order valence-electron chi connectivity index (χ1n) is 8.44. The number of nitrogens with zero attached hydrogens (tertiary/aromatic N) is 1. The van der Waals surface area contributed by atoms with Crippen molar-refractivity contribution in [2.75, 3.05) is 7.11 Å². The SMILES string of the molecule is COC(=O)C1=C(O)C2(CCCC2)n2c(ccc2-c2ccccc2)C1=O. The first-order chi connectivity index (χ1) is 12.1. The molecule has 5 nitrogen and oxygen atoms in total. The van der Waals surface area contributed by atoms with Crippen molar-refractivity contribution < 1.29 is 19.4 Å². The van der Waals surface area contributed by atoms with E-state index in [1.165, 1.54) is 7.11 Å². The Bertz CT molecular complexity index is 886. The Morgan fingerprint density at radius 1 is 1.08 bits per heavy atom. The zero-order valence-corrected chi connectivity index (χ0v) is 14.0. The number of aliphatic hydroxyl groups excluding tert-OH is 1. The molecule has 0 bridgehead atoms. The monoisotopic (exact) mass is 337 g/mol. The third-order valence-electron chi connectivity index (χ3n) is 5.34. The van der Waals surface area contributed by atoms with E-state index < -0.39 is 17.3 Å². The lowest BCUT2D eigenvalue weighted by molar-refractivity contribution is -0.136. The number of benzene rings is 1. The van der Waals surface area contributed by atoms with Gasteiger partial charge >= 0.3 is 5.97 Å². The molecule has 2 aliphatic rings. The Kier molecular flexibility index (Phi) is 3.53. The van der Waals surface area contributed by atoms with Crippen LogP contribution in [0.3, 0.4) is 0 Å². The third kappa shape index (κ3) is 2.08. The number of carbonyl (C=O) groups is 2. The van der Waals surface area contributed by atoms with E-state index in [1.54, 1.807) is 6.07 Å². The Morgan fingerprint density at radius 2 is 1.72 bits per heavy atom. The van der Waals surface area contributed by atoms with Crippen LogP contribution >= 0.6 is 0 Å². The molecule has 1 spiro atoms. The number of ketones is 1. The van der Waals surface area contributed by atoms with Crippen molar-refractivity contribution in [3.8, 4) is 11.3 Å². The van der Waals surface area contributed by atoms with Crippen molar-refractivity contribution in [1.29, 1.82) is 0 Å². The van der Waals surface area contributed by atoms with Gasteiger partial charge in [-0.05, 0) is 30.5 Å². The number of aromatic nitrogens is 1. The zero-order valence-electron chi connectivity index (χ0n) is 14.0. The molecule has 25 heavy (non-hydrogen) atoms. The van der Waals surface area contributed by atoms with Crippen LogP contribution in [0.5, 0.6) is 0 Å². The predicted molar refractivity (Wildman–Crippen MR) is 92.3 cm³/mol. The van der Waals surface area contributed by atoms with E-state index in [2.05, 4.69) is 0 Å². The summed E-state index contributed by atoms with van der Waals surface area (Å²) in [5.41, 5.74) is 1.30. The molecule has 0 unspecified atom stereocenters. The molecular formula is C20H19NO4. The minimum Gasteiger partial charge on any atom is -0.509 e. The highest BCUT2D eigenvalue weighted by Crippen LogP contribution is 2.49. The molecule has 128 valence electrons. The van der Waals surface area contributed by atoms with Gasteiger partial charge in [0.15, 0.2) is 0 Å². The topological polar surface area (TPSA) is 68.5 Å². The number of aliphatic hydroxyl groups is 1. The van der Waals surface area contributed by atoms with Crippen LogP contribution in [0.15, 0.2) is 53.8 Å². The lowest BCUT2D eigenvalue weighted by Crippen LogP contribution is -2.42. The molecule has 0 saturated heterocycles. The van der Waals surface area contributed by atoms with Gasteiger partial charge in [-0.3, -0.25) is 4.79 Å². The van der Waals surface area contributed by atoms with Crippen LogP contribution in [-0.4, -0.2) is 28.5 Å². The number of allylic oxidation sites excluding steroid dienone is 1. The van der Waals surface area contributed by atoms with Crippen LogP contribution in [0.2, 0.25) is 0 Å². The largest absolute Gasteiger partial charge is 0.509 e. The van der Waals surface area contributed by atoms with Gasteiger partial charge in [0, 0.05) is 5.69 Å². The molecule has 1 aromatic heterocycles. The average Bonchev–Trinajstić information content (AvgIpc) is 3.29. The van der Waals surface area contributed by atoms with Crippen molar-refractivity contribution in [3.05, 3.63) is 59.5 Å². The van der Waals surface area contributed by atoms with Crippen molar-refractivity contribution in [1.82, 2.24) is 4.57 Å². The highest BCUT2D eigenvalue weighted by Gasteiger charge is 2.50. The fourth-order valence-electron chi connectivity index (χ4n) is 4.20. The third-order valence-corrected chi connectivity index (χ3v) is 5.34. The summed E-state index contributed by atoms with van der Waals surface area (Å²) in [4.78, 5) is 25.0. The van der Waals surface area contributed by atoms with Gasteiger partial charge in [0.1, 0.15) is 16.9 Å². The second-order valence-electron chi connectivity index (χ2n) is 6.59. The van der Waals surface area contributed by atoms with Crippen molar-refractivity contribution in [2.45, 2.75) is 31.2 Å². The molecule has 2 heterocycles. The van der Waals surface area contributed by atoms with E-state index in [-0.39, 0.29) is 11.3 Å². The smallest absolute Gasteiger partial charge is 0.345 e. The number of fused-ring (bicyclic) bond motifs is 2. The molecule has 5 heteroatoms. The number of ether oxygens (including phenoxy) is 1. The van der Waals surface area contributed by atoms with Gasteiger partial charge in [0.2, 0.25) is 5.78 Å². The van der Waals surface area contributed by atoms with E-state index in [0.717, 1.165) is 24.1 Å². The van der Waals surface area contributed by atoms with Gasteiger partial charge in [-0.1, -0.05) is 43.2 Å². The summed E-state index contributed by atoms with van der Waals surface area (Å²) in [5, 5.41) is 11.0. The van der Waals surface area contributed by atoms with Crippen LogP contribution in [0.1, 0.15) is 36.2 Å². The fourth-order valence-corrected chi connectivity index (χ4v) is 4.20. The van der Waals surface area contributed by atoms with Gasteiger partial charge in [-0.25, -0.2) is 4.79 Å². The maximum atomic E-state index is 12.9. The summed E-state index contributed by atoms with van der Waals surface area (Å²) in [5.74, 6) is -1.41. The van der Waals surface area contributed by atoms with E-state index >= 15 is 0 Å². The van der Waals surface area contributed by atoms with E-state index in [4.69, 9.17) is 4.74 Å². The fraction of sp³-hybridized carbons (Fsp3) is 0.300. The Balaban J connectivity index is 1.99. The number of methoxy groups -OCH3 is 1. The standard InChI is InChI=1S/C20H19NO4/c1-25-19(24)16-17(22)15-10-9-14(13-7-3-2-4-8-13)21(15)20(18(16)23)11-5-6-12-20/h2-4,7-10,23H,5-6,11-12H2,1H3. The molecule has 0 radical (unpaired) electrons. The lowest BCUT2D eigenvalue weighted by atomic mass is 9.85. The number of esters is 1. The number of carbonyl (C=O) groups excluding carboxylic acids is 2. The van der Waals surface area contributed by atoms with Crippen LogP contribution < -0.4 is 0 Å². The first kappa shape index (κ1) is 15.7. The Labute approximate surface area is 145 Å². The average molecular weight is 337 g/mol. The quantitative estimate of drug-likeness (QED) is 0.671. The summed E-state index contributed by atoms with van der Waals surface area (Å²) >= 11 is 0. The lowest BCUT2D eigenvalue weighted by Gasteiger charge is -2.38. The van der Waals surface area contributed by atoms with Crippen molar-refractivity contribution in [2.24, 2.45) is 0 Å². The number of rotatable bonds is 2. The van der Waals surface area contributed by atoms with Gasteiger partial charge < -0.3 is 14.4 Å². The van der Waals surface area contributed by atoms with Crippen molar-refractivity contribution >= 4 is 11.8 Å². The Morgan fingerprint density at radius 3 is 2.36 bits per heavy atom. The maximum absolute atomic E-state index is 12.9. The van der Waals surface area contributed by atoms with Crippen molar-refractivity contribution in [3.63, 3.8) is 0 Å². The summed E-state index contributed by atoms with van der Waals surface area (Å²) in [6.07, 6.45) is 3.24. The Hall–Kier alpha value is -2.82. The predicted octanol–water partition coefficient (Wildman–Crippen LogP) is 3.61. The second kappa shape index (κ2) is 5.62. The van der Waals surface area contributed by atoms with Crippen LogP contribution in [0, 0.1) is 0 Å². The summed E-state index contributed by atoms with van der Waals surface area (Å²) < 4.78 is 6.68. The molecule has 2 aromatic rings. The highest BCUT2D eigenvalue weighted by molar-refractivity contribution is 6.25. The van der Waals surface area contributed by atoms with E-state index in [9.17, 15) is 14.7 Å². The molecule has 0 atom stereocenters. The molecule has 1 aromatic carbocycles. The molecule has 1 saturated carbocycles. The van der Waals surface area contributed by atoms with Gasteiger partial charge in [-0.2, -0.15) is 0 Å². The maximum Gasteiger partial charge on any atom is 0.345 e. The molecular weight excluding hydrogens is 318 g/mol. The highest BCUT2D eigenvalue weighted by atomic mass is 16.5. The van der Waals surface area contributed by atoms with E-state index in [1.807, 2.05) is 41.0 Å². The van der Waals surface area contributed by atoms with Gasteiger partial charge in [-0.15, -0.1) is 0 Å². The van der Waals surface area contributed by atoms with Crippen LogP contribution in [0.25, 0.3) is 11.3 Å². The van der Waals surface area contributed by atoms with E-state index in [0.29, 0.717) is 18.5 Å². The summed E-state index contributed by atoms with van der Waals surface area (Å²) in [7, 11) is 1.22. The van der Waals surface area contributed by atoms with Crippen LogP contribution in [-0.2, 0) is 15.1 Å². The second-order valence-corrected chi connectivity index (χ2v) is 6.59. The molecule has 1 fully saturated rings.